The second kappa shape index (κ2) is 6.79. The molecule has 29 heavy (non-hydrogen) atoms. The number of nitrogens with one attached hydrogen (secondary N) is 1. The minimum atomic E-state index is -1.03. The molecule has 1 atom stereocenters. The van der Waals surface area contributed by atoms with E-state index in [1.54, 1.807) is 24.3 Å². The number of carboxylic acid groups (broad SMARTS) is 1. The molecule has 2 aliphatic rings. The zero-order chi connectivity index (χ0) is 20.1. The van der Waals surface area contributed by atoms with Gasteiger partial charge >= 0.3 is 5.97 Å². The van der Waals surface area contributed by atoms with E-state index in [4.69, 9.17) is 21.1 Å². The topological polar surface area (TPSA) is 84.9 Å². The van der Waals surface area contributed by atoms with E-state index < -0.39 is 5.97 Å². The highest BCUT2D eigenvalue weighted by atomic mass is 35.5. The quantitative estimate of drug-likeness (QED) is 0.616. The second-order valence-electron chi connectivity index (χ2n) is 6.78. The van der Waals surface area contributed by atoms with E-state index in [2.05, 4.69) is 5.32 Å². The number of ether oxygens (including phenoxy) is 2. The number of rotatable bonds is 3. The fourth-order valence-electron chi connectivity index (χ4n) is 3.73. The Balaban J connectivity index is 1.68. The molecule has 0 aliphatic carbocycles. The molecular formula is C21H14ClNO5S. The van der Waals surface area contributed by atoms with Crippen LogP contribution in [0.4, 0.5) is 5.69 Å². The van der Waals surface area contributed by atoms with Gasteiger partial charge in [-0.15, -0.1) is 11.3 Å². The smallest absolute Gasteiger partial charge is 0.346 e. The van der Waals surface area contributed by atoms with Gasteiger partial charge in [-0.05, 0) is 35.4 Å². The monoisotopic (exact) mass is 427 g/mol. The van der Waals surface area contributed by atoms with E-state index in [-0.39, 0.29) is 29.9 Å². The molecule has 2 aromatic carbocycles. The van der Waals surface area contributed by atoms with Crippen molar-refractivity contribution in [3.8, 4) is 22.6 Å². The summed E-state index contributed by atoms with van der Waals surface area (Å²) in [7, 11) is 0. The number of halogens is 1. The van der Waals surface area contributed by atoms with Gasteiger partial charge in [-0.25, -0.2) is 4.79 Å². The third kappa shape index (κ3) is 3.03. The predicted octanol–water partition coefficient (Wildman–Crippen LogP) is 4.97. The molecule has 3 aromatic rings. The summed E-state index contributed by atoms with van der Waals surface area (Å²) in [4.78, 5) is 25.5. The summed E-state index contributed by atoms with van der Waals surface area (Å²) in [5, 5.41) is 13.3. The van der Waals surface area contributed by atoms with Crippen LogP contribution in [0.3, 0.4) is 0 Å². The number of anilines is 1. The van der Waals surface area contributed by atoms with E-state index in [1.807, 2.05) is 18.2 Å². The van der Waals surface area contributed by atoms with Crippen LogP contribution < -0.4 is 14.8 Å². The first-order valence-electron chi connectivity index (χ1n) is 8.86. The van der Waals surface area contributed by atoms with Crippen LogP contribution in [0.25, 0.3) is 11.1 Å². The highest BCUT2D eigenvalue weighted by molar-refractivity contribution is 7.15. The van der Waals surface area contributed by atoms with Gasteiger partial charge in [0.05, 0.1) is 5.69 Å². The average Bonchev–Trinajstić information content (AvgIpc) is 3.32. The van der Waals surface area contributed by atoms with Crippen molar-refractivity contribution in [1.82, 2.24) is 0 Å². The van der Waals surface area contributed by atoms with Gasteiger partial charge in [-0.2, -0.15) is 0 Å². The lowest BCUT2D eigenvalue weighted by atomic mass is 9.88. The first-order valence-corrected chi connectivity index (χ1v) is 10.1. The summed E-state index contributed by atoms with van der Waals surface area (Å²) in [5.41, 5.74) is 2.63. The first-order chi connectivity index (χ1) is 14.0. The normalized spacial score (nSPS) is 17.0. The van der Waals surface area contributed by atoms with Crippen molar-refractivity contribution in [2.24, 2.45) is 0 Å². The zero-order valence-corrected chi connectivity index (χ0v) is 16.5. The van der Waals surface area contributed by atoms with Gasteiger partial charge < -0.3 is 19.9 Å². The molecule has 2 N–H and O–H groups in total. The molecule has 0 saturated carbocycles. The maximum Gasteiger partial charge on any atom is 0.346 e. The Hall–Kier alpha value is -3.03. The van der Waals surface area contributed by atoms with Crippen LogP contribution in [-0.4, -0.2) is 23.8 Å². The summed E-state index contributed by atoms with van der Waals surface area (Å²) >= 11 is 7.17. The lowest BCUT2D eigenvalue weighted by molar-refractivity contribution is -0.116. The third-order valence-electron chi connectivity index (χ3n) is 5.03. The number of fused-ring (bicyclic) bond motifs is 2. The molecule has 1 aromatic heterocycles. The van der Waals surface area contributed by atoms with E-state index in [0.29, 0.717) is 33.3 Å². The maximum atomic E-state index is 12.5. The van der Waals surface area contributed by atoms with E-state index in [1.165, 1.54) is 11.3 Å². The fraction of sp³-hybridized carbons (Fsp3) is 0.143. The maximum absolute atomic E-state index is 12.5. The highest BCUT2D eigenvalue weighted by Crippen LogP contribution is 2.50. The van der Waals surface area contributed by atoms with Crippen LogP contribution in [0.15, 0.2) is 42.5 Å². The van der Waals surface area contributed by atoms with Crippen molar-refractivity contribution in [2.75, 3.05) is 12.1 Å². The number of benzene rings is 2. The molecule has 0 spiro atoms. The molecule has 0 fully saturated rings. The Bertz CT molecular complexity index is 1150. The SMILES string of the molecule is O=C1C[C@@H](c2ccc3c(c2)OCO3)c2sc(C(=O)O)c(-c3ccc(Cl)cc3)c2N1. The van der Waals surface area contributed by atoms with E-state index in [0.717, 1.165) is 10.4 Å². The van der Waals surface area contributed by atoms with Gasteiger partial charge in [0.2, 0.25) is 12.7 Å². The Morgan fingerprint density at radius 3 is 2.66 bits per heavy atom. The molecule has 2 aliphatic heterocycles. The fourth-order valence-corrected chi connectivity index (χ4v) is 5.10. The summed E-state index contributed by atoms with van der Waals surface area (Å²) in [5.74, 6) is -0.174. The summed E-state index contributed by atoms with van der Waals surface area (Å²) in [6.07, 6.45) is 0.228. The number of hydrogen-bond donors (Lipinski definition) is 2. The number of thiophene rings is 1. The Kier molecular flexibility index (Phi) is 4.22. The third-order valence-corrected chi connectivity index (χ3v) is 6.58. The Morgan fingerprint density at radius 1 is 1.14 bits per heavy atom. The van der Waals surface area contributed by atoms with Crippen LogP contribution in [0, 0.1) is 0 Å². The number of amides is 1. The largest absolute Gasteiger partial charge is 0.477 e. The highest BCUT2D eigenvalue weighted by Gasteiger charge is 2.35. The molecule has 3 heterocycles. The van der Waals surface area contributed by atoms with Crippen LogP contribution in [0.1, 0.15) is 32.5 Å². The Morgan fingerprint density at radius 2 is 1.90 bits per heavy atom. The molecule has 0 radical (unpaired) electrons. The van der Waals surface area contributed by atoms with Gasteiger partial charge in [0.1, 0.15) is 4.88 Å². The van der Waals surface area contributed by atoms with Crippen molar-refractivity contribution in [1.29, 1.82) is 0 Å². The lowest BCUT2D eigenvalue weighted by Crippen LogP contribution is -2.22. The molecule has 5 rings (SSSR count). The van der Waals surface area contributed by atoms with Gasteiger partial charge in [-0.3, -0.25) is 4.79 Å². The zero-order valence-electron chi connectivity index (χ0n) is 14.9. The number of aromatic carboxylic acids is 1. The van der Waals surface area contributed by atoms with Crippen molar-refractivity contribution >= 4 is 40.5 Å². The lowest BCUT2D eigenvalue weighted by Gasteiger charge is -2.24. The van der Waals surface area contributed by atoms with Crippen molar-refractivity contribution < 1.29 is 24.2 Å². The standard InChI is InChI=1S/C21H14ClNO5S/c22-12-4-1-10(2-5-12)17-18-19(29-20(17)21(25)26)13(8-16(24)23-18)11-3-6-14-15(7-11)28-9-27-14/h1-7,13H,8-9H2,(H,23,24)(H,25,26)/t13-/m0/s1. The predicted molar refractivity (Wildman–Crippen MR) is 109 cm³/mol. The molecule has 1 amide bonds. The molecular weight excluding hydrogens is 414 g/mol. The molecule has 8 heteroatoms. The summed E-state index contributed by atoms with van der Waals surface area (Å²) in [6.45, 7) is 0.165. The van der Waals surface area contributed by atoms with Crippen molar-refractivity contribution in [3.63, 3.8) is 0 Å². The van der Waals surface area contributed by atoms with Crippen LogP contribution >= 0.6 is 22.9 Å². The van der Waals surface area contributed by atoms with Crippen molar-refractivity contribution in [2.45, 2.75) is 12.3 Å². The van der Waals surface area contributed by atoms with Gasteiger partial charge in [0.25, 0.3) is 0 Å². The van der Waals surface area contributed by atoms with Crippen LogP contribution in [0.5, 0.6) is 11.5 Å². The minimum absolute atomic E-state index is 0.162. The summed E-state index contributed by atoms with van der Waals surface area (Å²) < 4.78 is 10.8. The van der Waals surface area contributed by atoms with Crippen molar-refractivity contribution in [3.05, 3.63) is 62.8 Å². The van der Waals surface area contributed by atoms with Crippen LogP contribution in [-0.2, 0) is 4.79 Å². The molecule has 0 unspecified atom stereocenters. The molecule has 146 valence electrons. The molecule has 0 bridgehead atoms. The number of carbonyl (C=O) groups excluding carboxylic acids is 1. The Labute approximate surface area is 174 Å². The van der Waals surface area contributed by atoms with Gasteiger partial charge in [0.15, 0.2) is 11.5 Å². The van der Waals surface area contributed by atoms with E-state index in [9.17, 15) is 14.7 Å². The van der Waals surface area contributed by atoms with Crippen LogP contribution in [0.2, 0.25) is 5.02 Å². The number of carboxylic acids is 1. The van der Waals surface area contributed by atoms with Gasteiger partial charge in [-0.1, -0.05) is 29.8 Å². The number of hydrogen-bond acceptors (Lipinski definition) is 5. The first kappa shape index (κ1) is 18.0. The average molecular weight is 428 g/mol. The number of carbonyl (C=O) groups is 2. The molecule has 0 saturated heterocycles. The van der Waals surface area contributed by atoms with Gasteiger partial charge in [0, 0.05) is 27.8 Å². The summed E-state index contributed by atoms with van der Waals surface area (Å²) in [6, 6.07) is 12.5. The van der Waals surface area contributed by atoms with E-state index >= 15 is 0 Å². The second-order valence-corrected chi connectivity index (χ2v) is 8.26. The molecule has 6 nitrogen and oxygen atoms in total. The minimum Gasteiger partial charge on any atom is -0.477 e.